The maximum Gasteiger partial charge on any atom is 0.228 e. The number of ether oxygens (including phenoxy) is 1. The molecule has 104 valence electrons. The molecule has 0 spiro atoms. The highest BCUT2D eigenvalue weighted by atomic mass is 16.5. The molecule has 3 N–H and O–H groups in total. The third-order valence-corrected chi connectivity index (χ3v) is 3.12. The van der Waals surface area contributed by atoms with Gasteiger partial charge in [-0.1, -0.05) is 30.3 Å². The molecule has 0 unspecified atom stereocenters. The number of nitrogens with two attached hydrogens (primary N) is 1. The van der Waals surface area contributed by atoms with Crippen LogP contribution in [0.15, 0.2) is 42.5 Å². The molecule has 0 heterocycles. The minimum Gasteiger partial charge on any atom is -0.494 e. The van der Waals surface area contributed by atoms with Crippen LogP contribution in [0.4, 0.5) is 11.4 Å². The summed E-state index contributed by atoms with van der Waals surface area (Å²) in [4.78, 5) is 12.0. The summed E-state index contributed by atoms with van der Waals surface area (Å²) < 4.78 is 5.24. The second-order valence-corrected chi connectivity index (χ2v) is 4.57. The molecule has 4 nitrogen and oxygen atoms in total. The molecule has 0 aliphatic carbocycles. The van der Waals surface area contributed by atoms with Gasteiger partial charge in [-0.05, 0) is 24.6 Å². The number of hydrogen-bond acceptors (Lipinski definition) is 3. The molecule has 20 heavy (non-hydrogen) atoms. The number of carbonyl (C=O) groups excluding carboxylic acids is 1. The molecule has 2 aromatic rings. The van der Waals surface area contributed by atoms with Crippen molar-refractivity contribution >= 4 is 17.3 Å². The summed E-state index contributed by atoms with van der Waals surface area (Å²) >= 11 is 0. The zero-order valence-electron chi connectivity index (χ0n) is 11.6. The maximum absolute atomic E-state index is 12.0. The number of nitrogens with one attached hydrogen (secondary N) is 1. The number of benzene rings is 2. The number of methoxy groups -OCH3 is 1. The van der Waals surface area contributed by atoms with E-state index in [9.17, 15) is 4.79 Å². The predicted molar refractivity (Wildman–Crippen MR) is 80.9 cm³/mol. The zero-order chi connectivity index (χ0) is 14.5. The number of carbonyl (C=O) groups is 1. The van der Waals surface area contributed by atoms with Gasteiger partial charge in [0.1, 0.15) is 5.75 Å². The van der Waals surface area contributed by atoms with Crippen LogP contribution in [0.25, 0.3) is 0 Å². The van der Waals surface area contributed by atoms with Gasteiger partial charge >= 0.3 is 0 Å². The molecule has 0 bridgehead atoms. The molecule has 0 saturated carbocycles. The largest absolute Gasteiger partial charge is 0.494 e. The van der Waals surface area contributed by atoms with Gasteiger partial charge in [0.25, 0.3) is 0 Å². The number of rotatable bonds is 4. The number of amides is 1. The van der Waals surface area contributed by atoms with Crippen molar-refractivity contribution in [1.29, 1.82) is 0 Å². The van der Waals surface area contributed by atoms with E-state index in [0.717, 1.165) is 16.8 Å². The van der Waals surface area contributed by atoms with E-state index in [0.29, 0.717) is 17.9 Å². The van der Waals surface area contributed by atoms with Crippen LogP contribution in [0, 0.1) is 6.92 Å². The van der Waals surface area contributed by atoms with E-state index in [-0.39, 0.29) is 5.91 Å². The Bertz CT molecular complexity index is 609. The fourth-order valence-electron chi connectivity index (χ4n) is 2.09. The van der Waals surface area contributed by atoms with Gasteiger partial charge in [-0.2, -0.15) is 0 Å². The summed E-state index contributed by atoms with van der Waals surface area (Å²) in [5.74, 6) is 0.536. The quantitative estimate of drug-likeness (QED) is 0.840. The lowest BCUT2D eigenvalue weighted by Gasteiger charge is -2.13. The highest BCUT2D eigenvalue weighted by Gasteiger charge is 2.11. The highest BCUT2D eigenvalue weighted by Crippen LogP contribution is 2.31. The summed E-state index contributed by atoms with van der Waals surface area (Å²) in [6.45, 7) is 1.87. The molecule has 4 heteroatoms. The van der Waals surface area contributed by atoms with Gasteiger partial charge < -0.3 is 15.8 Å². The second kappa shape index (κ2) is 6.10. The van der Waals surface area contributed by atoms with Crippen LogP contribution < -0.4 is 15.8 Å². The normalized spacial score (nSPS) is 10.1. The third-order valence-electron chi connectivity index (χ3n) is 3.12. The molecule has 0 saturated heterocycles. The van der Waals surface area contributed by atoms with E-state index in [4.69, 9.17) is 10.5 Å². The average Bonchev–Trinajstić information content (AvgIpc) is 2.44. The number of hydrogen-bond donors (Lipinski definition) is 2. The summed E-state index contributed by atoms with van der Waals surface area (Å²) in [5, 5.41) is 2.89. The number of anilines is 2. The van der Waals surface area contributed by atoms with Gasteiger partial charge in [0, 0.05) is 11.3 Å². The monoisotopic (exact) mass is 270 g/mol. The van der Waals surface area contributed by atoms with Gasteiger partial charge in [-0.3, -0.25) is 4.79 Å². The lowest BCUT2D eigenvalue weighted by Crippen LogP contribution is -2.15. The van der Waals surface area contributed by atoms with E-state index in [1.54, 1.807) is 19.2 Å². The minimum absolute atomic E-state index is 0.0638. The van der Waals surface area contributed by atoms with E-state index < -0.39 is 0 Å². The first kappa shape index (κ1) is 13.9. The number of nitrogen functional groups attached to an aromatic ring is 1. The highest BCUT2D eigenvalue weighted by molar-refractivity contribution is 5.93. The topological polar surface area (TPSA) is 64.3 Å². The van der Waals surface area contributed by atoms with E-state index in [1.165, 1.54) is 0 Å². The smallest absolute Gasteiger partial charge is 0.228 e. The van der Waals surface area contributed by atoms with Crippen LogP contribution in [-0.2, 0) is 11.2 Å². The molecular weight excluding hydrogens is 252 g/mol. The predicted octanol–water partition coefficient (Wildman–Crippen LogP) is 2.77. The molecule has 0 fully saturated rings. The van der Waals surface area contributed by atoms with Crippen molar-refractivity contribution in [3.05, 3.63) is 53.6 Å². The van der Waals surface area contributed by atoms with Crippen molar-refractivity contribution in [3.63, 3.8) is 0 Å². The Morgan fingerprint density at radius 2 is 1.90 bits per heavy atom. The van der Waals surface area contributed by atoms with Crippen molar-refractivity contribution in [2.45, 2.75) is 13.3 Å². The summed E-state index contributed by atoms with van der Waals surface area (Å²) in [5.41, 5.74) is 8.90. The first-order valence-electron chi connectivity index (χ1n) is 6.38. The average molecular weight is 270 g/mol. The van der Waals surface area contributed by atoms with Crippen molar-refractivity contribution in [1.82, 2.24) is 0 Å². The van der Waals surface area contributed by atoms with E-state index in [2.05, 4.69) is 5.32 Å². The fraction of sp³-hybridized carbons (Fsp3) is 0.188. The lowest BCUT2D eigenvalue weighted by atomic mass is 10.1. The van der Waals surface area contributed by atoms with Gasteiger partial charge in [0.05, 0.1) is 19.2 Å². The van der Waals surface area contributed by atoms with Crippen molar-refractivity contribution < 1.29 is 9.53 Å². The van der Waals surface area contributed by atoms with Crippen LogP contribution in [0.2, 0.25) is 0 Å². The van der Waals surface area contributed by atoms with E-state index in [1.807, 2.05) is 37.3 Å². The maximum atomic E-state index is 12.0. The van der Waals surface area contributed by atoms with Crippen molar-refractivity contribution in [3.8, 4) is 5.75 Å². The molecule has 0 atom stereocenters. The van der Waals surface area contributed by atoms with Gasteiger partial charge in [-0.15, -0.1) is 0 Å². The molecule has 0 radical (unpaired) electrons. The molecule has 2 aromatic carbocycles. The first-order valence-corrected chi connectivity index (χ1v) is 6.38. The zero-order valence-corrected chi connectivity index (χ0v) is 11.6. The Morgan fingerprint density at radius 1 is 1.20 bits per heavy atom. The molecule has 0 aliphatic rings. The van der Waals surface area contributed by atoms with Crippen LogP contribution in [0.5, 0.6) is 5.75 Å². The molecule has 2 rings (SSSR count). The Labute approximate surface area is 118 Å². The standard InChI is InChI=1S/C16H18N2O2/c1-11-14(9-8-13(17)16(11)20-2)18-15(19)10-12-6-4-3-5-7-12/h3-9H,10,17H2,1-2H3,(H,18,19). The SMILES string of the molecule is COc1c(N)ccc(NC(=O)Cc2ccccc2)c1C. The van der Waals surface area contributed by atoms with Gasteiger partial charge in [0.15, 0.2) is 0 Å². The minimum atomic E-state index is -0.0638. The molecule has 0 aromatic heterocycles. The Morgan fingerprint density at radius 3 is 2.55 bits per heavy atom. The van der Waals surface area contributed by atoms with Crippen LogP contribution in [-0.4, -0.2) is 13.0 Å². The molecular formula is C16H18N2O2. The van der Waals surface area contributed by atoms with Crippen LogP contribution >= 0.6 is 0 Å². The fourth-order valence-corrected chi connectivity index (χ4v) is 2.09. The summed E-state index contributed by atoms with van der Waals surface area (Å²) in [6.07, 6.45) is 0.340. The molecule has 1 amide bonds. The Hall–Kier alpha value is -2.49. The van der Waals surface area contributed by atoms with E-state index >= 15 is 0 Å². The Balaban J connectivity index is 2.12. The van der Waals surface area contributed by atoms with Crippen LogP contribution in [0.1, 0.15) is 11.1 Å². The lowest BCUT2D eigenvalue weighted by molar-refractivity contribution is -0.115. The second-order valence-electron chi connectivity index (χ2n) is 4.57. The third kappa shape index (κ3) is 3.09. The summed E-state index contributed by atoms with van der Waals surface area (Å²) in [6, 6.07) is 13.1. The summed E-state index contributed by atoms with van der Waals surface area (Å²) in [7, 11) is 1.56. The first-order chi connectivity index (χ1) is 9.61. The van der Waals surface area contributed by atoms with Crippen molar-refractivity contribution in [2.75, 3.05) is 18.2 Å². The van der Waals surface area contributed by atoms with Gasteiger partial charge in [0.2, 0.25) is 5.91 Å². The van der Waals surface area contributed by atoms with Gasteiger partial charge in [-0.25, -0.2) is 0 Å². The van der Waals surface area contributed by atoms with Crippen LogP contribution in [0.3, 0.4) is 0 Å². The molecule has 0 aliphatic heterocycles. The van der Waals surface area contributed by atoms with Crippen molar-refractivity contribution in [2.24, 2.45) is 0 Å². The Kier molecular flexibility index (Phi) is 4.25.